The molecule has 0 radical (unpaired) electrons. The minimum Gasteiger partial charge on any atom is -0.461 e. The van der Waals surface area contributed by atoms with Crippen molar-refractivity contribution in [1.29, 1.82) is 0 Å². The number of imide groups is 1. The molecule has 3 amide bonds. The lowest BCUT2D eigenvalue weighted by Gasteiger charge is -2.33. The van der Waals surface area contributed by atoms with Gasteiger partial charge in [0.1, 0.15) is 18.2 Å². The Bertz CT molecular complexity index is 525. The molecule has 1 heterocycles. The molecule has 0 bridgehead atoms. The minimum atomic E-state index is -0.788. The van der Waals surface area contributed by atoms with Crippen molar-refractivity contribution in [2.24, 2.45) is 11.8 Å². The van der Waals surface area contributed by atoms with E-state index in [0.717, 1.165) is 37.0 Å². The standard InChI is InChI=1S/C18H28N2O4/c1-12-6-8-18(9-7-12)16(22)20(17(23)19-18)11-15(21)24-14-5-3-4-13(2)10-14/h12-14H,3-11H2,1-2H3,(H,19,23). The van der Waals surface area contributed by atoms with E-state index in [1.165, 1.54) is 6.42 Å². The van der Waals surface area contributed by atoms with Crippen LogP contribution in [0.4, 0.5) is 4.79 Å². The zero-order valence-corrected chi connectivity index (χ0v) is 14.7. The molecule has 2 saturated carbocycles. The molecule has 1 aliphatic heterocycles. The van der Waals surface area contributed by atoms with Gasteiger partial charge in [-0.15, -0.1) is 0 Å². The Hall–Kier alpha value is -1.59. The molecule has 2 aliphatic carbocycles. The number of hydrogen-bond acceptors (Lipinski definition) is 4. The fraction of sp³-hybridized carbons (Fsp3) is 0.833. The summed E-state index contributed by atoms with van der Waals surface area (Å²) in [4.78, 5) is 38.2. The molecule has 6 heteroatoms. The summed E-state index contributed by atoms with van der Waals surface area (Å²) in [6, 6.07) is -0.455. The normalized spacial score (nSPS) is 36.8. The minimum absolute atomic E-state index is 0.0773. The van der Waals surface area contributed by atoms with E-state index in [0.29, 0.717) is 24.7 Å². The van der Waals surface area contributed by atoms with Crippen LogP contribution in [0.25, 0.3) is 0 Å². The SMILES string of the molecule is CC1CCC2(CC1)NC(=O)N(CC(=O)OC1CCCC(C)C1)C2=O. The monoisotopic (exact) mass is 336 g/mol. The Morgan fingerprint density at radius 1 is 1.17 bits per heavy atom. The molecule has 1 N–H and O–H groups in total. The summed E-state index contributed by atoms with van der Waals surface area (Å²) in [5, 5.41) is 2.84. The maximum absolute atomic E-state index is 12.7. The first kappa shape index (κ1) is 17.2. The molecule has 3 aliphatic rings. The third-order valence-electron chi connectivity index (χ3n) is 5.85. The van der Waals surface area contributed by atoms with E-state index in [2.05, 4.69) is 19.2 Å². The summed E-state index contributed by atoms with van der Waals surface area (Å²) in [5.41, 5.74) is -0.788. The van der Waals surface area contributed by atoms with Gasteiger partial charge in [-0.05, 0) is 56.8 Å². The highest BCUT2D eigenvalue weighted by Gasteiger charge is 2.52. The second-order valence-corrected chi connectivity index (χ2v) is 7.97. The molecule has 0 aromatic rings. The van der Waals surface area contributed by atoms with Crippen LogP contribution >= 0.6 is 0 Å². The molecule has 1 spiro atoms. The van der Waals surface area contributed by atoms with Crippen LogP contribution in [0.15, 0.2) is 0 Å². The summed E-state index contributed by atoms with van der Waals surface area (Å²) in [6.07, 6.45) is 7.05. The van der Waals surface area contributed by atoms with E-state index in [4.69, 9.17) is 4.74 Å². The van der Waals surface area contributed by atoms with Crippen molar-refractivity contribution >= 4 is 17.9 Å². The molecular formula is C18H28N2O4. The number of esters is 1. The van der Waals surface area contributed by atoms with Crippen LogP contribution in [0.2, 0.25) is 0 Å². The first-order chi connectivity index (χ1) is 11.4. The van der Waals surface area contributed by atoms with Crippen molar-refractivity contribution in [3.8, 4) is 0 Å². The molecule has 0 aromatic heterocycles. The third-order valence-corrected chi connectivity index (χ3v) is 5.85. The smallest absolute Gasteiger partial charge is 0.326 e. The molecule has 134 valence electrons. The van der Waals surface area contributed by atoms with E-state index in [9.17, 15) is 14.4 Å². The van der Waals surface area contributed by atoms with Crippen LogP contribution in [0.1, 0.15) is 65.2 Å². The zero-order chi connectivity index (χ0) is 17.3. The molecule has 3 fully saturated rings. The number of nitrogens with one attached hydrogen (secondary N) is 1. The van der Waals surface area contributed by atoms with E-state index >= 15 is 0 Å². The average Bonchev–Trinajstić information content (AvgIpc) is 2.75. The van der Waals surface area contributed by atoms with Crippen molar-refractivity contribution in [3.05, 3.63) is 0 Å². The van der Waals surface area contributed by atoms with Crippen LogP contribution in [0.3, 0.4) is 0 Å². The van der Waals surface area contributed by atoms with Crippen molar-refractivity contribution in [2.75, 3.05) is 6.54 Å². The van der Waals surface area contributed by atoms with Crippen LogP contribution in [0.5, 0.6) is 0 Å². The van der Waals surface area contributed by atoms with E-state index in [1.807, 2.05) is 0 Å². The first-order valence-electron chi connectivity index (χ1n) is 9.23. The van der Waals surface area contributed by atoms with Gasteiger partial charge in [-0.25, -0.2) is 4.79 Å². The number of urea groups is 1. The van der Waals surface area contributed by atoms with E-state index < -0.39 is 17.5 Å². The Balaban J connectivity index is 1.57. The molecule has 6 nitrogen and oxygen atoms in total. The second-order valence-electron chi connectivity index (χ2n) is 7.97. The number of nitrogens with zero attached hydrogens (tertiary/aromatic N) is 1. The van der Waals surface area contributed by atoms with E-state index in [-0.39, 0.29) is 18.6 Å². The lowest BCUT2D eigenvalue weighted by molar-refractivity contribution is -0.154. The summed E-state index contributed by atoms with van der Waals surface area (Å²) in [7, 11) is 0. The van der Waals surface area contributed by atoms with Crippen molar-refractivity contribution in [1.82, 2.24) is 10.2 Å². The molecule has 2 atom stereocenters. The lowest BCUT2D eigenvalue weighted by Crippen LogP contribution is -2.49. The van der Waals surface area contributed by atoms with Crippen LogP contribution in [0, 0.1) is 11.8 Å². The highest BCUT2D eigenvalue weighted by Crippen LogP contribution is 2.36. The van der Waals surface area contributed by atoms with Gasteiger partial charge in [-0.3, -0.25) is 14.5 Å². The summed E-state index contributed by atoms with van der Waals surface area (Å²) in [5.74, 6) is 0.403. The van der Waals surface area contributed by atoms with Gasteiger partial charge >= 0.3 is 12.0 Å². The van der Waals surface area contributed by atoms with Gasteiger partial charge in [-0.2, -0.15) is 0 Å². The number of carbonyl (C=O) groups is 3. The average molecular weight is 336 g/mol. The number of rotatable bonds is 3. The quantitative estimate of drug-likeness (QED) is 0.635. The lowest BCUT2D eigenvalue weighted by atomic mass is 9.77. The highest BCUT2D eigenvalue weighted by atomic mass is 16.5. The van der Waals surface area contributed by atoms with Gasteiger partial charge in [0, 0.05) is 0 Å². The number of hydrogen-bond donors (Lipinski definition) is 1. The van der Waals surface area contributed by atoms with Crippen molar-refractivity contribution < 1.29 is 19.1 Å². The molecule has 0 aromatic carbocycles. The first-order valence-corrected chi connectivity index (χ1v) is 9.23. The molecule has 1 saturated heterocycles. The van der Waals surface area contributed by atoms with Gasteiger partial charge in [-0.1, -0.05) is 20.3 Å². The van der Waals surface area contributed by atoms with Crippen molar-refractivity contribution in [2.45, 2.75) is 76.9 Å². The maximum Gasteiger partial charge on any atom is 0.326 e. The Labute approximate surface area is 143 Å². The summed E-state index contributed by atoms with van der Waals surface area (Å²) >= 11 is 0. The predicted molar refractivity (Wildman–Crippen MR) is 88.1 cm³/mol. The Morgan fingerprint density at radius 2 is 1.88 bits per heavy atom. The molecule has 24 heavy (non-hydrogen) atoms. The fourth-order valence-corrected chi connectivity index (χ4v) is 4.25. The number of carbonyl (C=O) groups excluding carboxylic acids is 3. The summed E-state index contributed by atoms with van der Waals surface area (Å²) in [6.45, 7) is 4.05. The topological polar surface area (TPSA) is 75.7 Å². The predicted octanol–water partition coefficient (Wildman–Crippen LogP) is 2.61. The van der Waals surface area contributed by atoms with Gasteiger partial charge in [0.15, 0.2) is 0 Å². The number of amides is 3. The summed E-state index contributed by atoms with van der Waals surface area (Å²) < 4.78 is 5.50. The van der Waals surface area contributed by atoms with E-state index in [1.54, 1.807) is 0 Å². The van der Waals surface area contributed by atoms with Gasteiger partial charge in [0.2, 0.25) is 0 Å². The Morgan fingerprint density at radius 3 is 2.54 bits per heavy atom. The second kappa shape index (κ2) is 6.73. The van der Waals surface area contributed by atoms with Gasteiger partial charge in [0.05, 0.1) is 0 Å². The van der Waals surface area contributed by atoms with Gasteiger partial charge < -0.3 is 10.1 Å². The highest BCUT2D eigenvalue weighted by molar-refractivity contribution is 6.08. The fourth-order valence-electron chi connectivity index (χ4n) is 4.25. The van der Waals surface area contributed by atoms with Crippen LogP contribution < -0.4 is 5.32 Å². The zero-order valence-electron chi connectivity index (χ0n) is 14.7. The van der Waals surface area contributed by atoms with Crippen LogP contribution in [-0.4, -0.2) is 41.0 Å². The molecular weight excluding hydrogens is 308 g/mol. The maximum atomic E-state index is 12.7. The number of ether oxygens (including phenoxy) is 1. The third kappa shape index (κ3) is 3.42. The Kier molecular flexibility index (Phi) is 4.83. The molecule has 3 rings (SSSR count). The van der Waals surface area contributed by atoms with Crippen LogP contribution in [-0.2, 0) is 14.3 Å². The molecule has 2 unspecified atom stereocenters. The largest absolute Gasteiger partial charge is 0.461 e. The van der Waals surface area contributed by atoms with Crippen molar-refractivity contribution in [3.63, 3.8) is 0 Å². The van der Waals surface area contributed by atoms with Gasteiger partial charge in [0.25, 0.3) is 5.91 Å².